The Kier molecular flexibility index (Phi) is 7.35. The standard InChI is InChI=1S/C7H18O2Si/c1-3-4-5-6-8-7(2)9-10/h7H,3-6H2,1-2,10H3. The molecule has 0 saturated carbocycles. The van der Waals surface area contributed by atoms with E-state index in [4.69, 9.17) is 9.16 Å². The molecule has 1 unspecified atom stereocenters. The summed E-state index contributed by atoms with van der Waals surface area (Å²) in [5.74, 6) is 0. The van der Waals surface area contributed by atoms with Crippen molar-refractivity contribution in [3.05, 3.63) is 0 Å². The van der Waals surface area contributed by atoms with Gasteiger partial charge in [-0.2, -0.15) is 0 Å². The molecule has 0 radical (unpaired) electrons. The van der Waals surface area contributed by atoms with E-state index in [1.807, 2.05) is 6.92 Å². The lowest BCUT2D eigenvalue weighted by Crippen LogP contribution is -2.11. The molecule has 10 heavy (non-hydrogen) atoms. The average molecular weight is 162 g/mol. The third-order valence-electron chi connectivity index (χ3n) is 1.43. The topological polar surface area (TPSA) is 18.5 Å². The lowest BCUT2D eigenvalue weighted by Gasteiger charge is -2.10. The minimum atomic E-state index is 0.0172. The van der Waals surface area contributed by atoms with Crippen molar-refractivity contribution in [2.24, 2.45) is 0 Å². The van der Waals surface area contributed by atoms with Gasteiger partial charge in [0.05, 0.1) is 0 Å². The molecule has 0 aromatic carbocycles. The molecule has 0 aliphatic rings. The molecule has 0 heterocycles. The van der Waals surface area contributed by atoms with Crippen LogP contribution in [0.5, 0.6) is 0 Å². The highest BCUT2D eigenvalue weighted by molar-refractivity contribution is 5.98. The molecule has 2 nitrogen and oxygen atoms in total. The Labute approximate surface area is 66.5 Å². The maximum absolute atomic E-state index is 5.31. The SMILES string of the molecule is CCCCCOC(C)O[SiH3]. The third kappa shape index (κ3) is 6.26. The Morgan fingerprint density at radius 3 is 2.60 bits per heavy atom. The monoisotopic (exact) mass is 162 g/mol. The summed E-state index contributed by atoms with van der Waals surface area (Å²) < 4.78 is 10.4. The number of unbranched alkanes of at least 4 members (excludes halogenated alkanes) is 2. The molecule has 0 bridgehead atoms. The van der Waals surface area contributed by atoms with E-state index in [1.54, 1.807) is 0 Å². The van der Waals surface area contributed by atoms with Crippen LogP contribution in [-0.2, 0) is 9.16 Å². The second-order valence-electron chi connectivity index (χ2n) is 2.38. The third-order valence-corrected chi connectivity index (χ3v) is 2.10. The van der Waals surface area contributed by atoms with Gasteiger partial charge >= 0.3 is 0 Å². The van der Waals surface area contributed by atoms with Crippen LogP contribution in [0.2, 0.25) is 0 Å². The fourth-order valence-electron chi connectivity index (χ4n) is 0.669. The first-order valence-corrected chi connectivity index (χ1v) is 4.77. The Morgan fingerprint density at radius 2 is 2.10 bits per heavy atom. The molecule has 0 aromatic rings. The van der Waals surface area contributed by atoms with E-state index in [1.165, 1.54) is 12.8 Å². The molecule has 0 aliphatic carbocycles. The van der Waals surface area contributed by atoms with Crippen molar-refractivity contribution in [1.82, 2.24) is 0 Å². The van der Waals surface area contributed by atoms with Crippen LogP contribution in [0, 0.1) is 0 Å². The Morgan fingerprint density at radius 1 is 1.40 bits per heavy atom. The summed E-state index contributed by atoms with van der Waals surface area (Å²) in [7, 11) is 0.767. The Bertz CT molecular complexity index is 68.6. The predicted octanol–water partition coefficient (Wildman–Crippen LogP) is 0.836. The van der Waals surface area contributed by atoms with Crippen LogP contribution in [-0.4, -0.2) is 23.4 Å². The highest BCUT2D eigenvalue weighted by Crippen LogP contribution is 1.97. The van der Waals surface area contributed by atoms with E-state index < -0.39 is 0 Å². The molecule has 0 aromatic heterocycles. The molecular formula is C7H18O2Si. The largest absolute Gasteiger partial charge is 0.404 e. The van der Waals surface area contributed by atoms with Gasteiger partial charge in [0.1, 0.15) is 16.8 Å². The van der Waals surface area contributed by atoms with Gasteiger partial charge in [-0.3, -0.25) is 0 Å². The van der Waals surface area contributed by atoms with Crippen LogP contribution in [0.15, 0.2) is 0 Å². The smallest absolute Gasteiger partial charge is 0.149 e. The minimum absolute atomic E-state index is 0.0172. The number of rotatable bonds is 6. The number of hydrogen-bond acceptors (Lipinski definition) is 2. The van der Waals surface area contributed by atoms with Gasteiger partial charge in [-0.25, -0.2) is 0 Å². The fraction of sp³-hybridized carbons (Fsp3) is 1.00. The Hall–Kier alpha value is 0.137. The number of hydrogen-bond donors (Lipinski definition) is 0. The van der Waals surface area contributed by atoms with Gasteiger partial charge in [-0.05, 0) is 13.3 Å². The van der Waals surface area contributed by atoms with Crippen molar-refractivity contribution < 1.29 is 9.16 Å². The zero-order valence-electron chi connectivity index (χ0n) is 7.22. The van der Waals surface area contributed by atoms with Gasteiger partial charge < -0.3 is 9.16 Å². The maximum atomic E-state index is 5.31. The maximum Gasteiger partial charge on any atom is 0.149 e. The predicted molar refractivity (Wildman–Crippen MR) is 46.0 cm³/mol. The molecule has 0 amide bonds. The van der Waals surface area contributed by atoms with Crippen LogP contribution >= 0.6 is 0 Å². The van der Waals surface area contributed by atoms with Gasteiger partial charge in [0.2, 0.25) is 0 Å². The second-order valence-corrected chi connectivity index (χ2v) is 2.85. The first-order valence-electron chi connectivity index (χ1n) is 3.95. The molecule has 3 heteroatoms. The van der Waals surface area contributed by atoms with Crippen molar-refractivity contribution in [2.75, 3.05) is 6.61 Å². The summed E-state index contributed by atoms with van der Waals surface area (Å²) in [5.41, 5.74) is 0. The van der Waals surface area contributed by atoms with E-state index in [-0.39, 0.29) is 6.29 Å². The van der Waals surface area contributed by atoms with Crippen LogP contribution in [0.3, 0.4) is 0 Å². The molecule has 0 saturated heterocycles. The van der Waals surface area contributed by atoms with Gasteiger partial charge in [0, 0.05) is 6.61 Å². The fourth-order valence-corrected chi connectivity index (χ4v) is 0.805. The highest BCUT2D eigenvalue weighted by Gasteiger charge is 1.95. The summed E-state index contributed by atoms with van der Waals surface area (Å²) in [6, 6.07) is 0. The minimum Gasteiger partial charge on any atom is -0.404 e. The highest BCUT2D eigenvalue weighted by atomic mass is 28.2. The van der Waals surface area contributed by atoms with Crippen molar-refractivity contribution in [2.45, 2.75) is 39.4 Å². The zero-order chi connectivity index (χ0) is 7.82. The van der Waals surface area contributed by atoms with Gasteiger partial charge in [-0.1, -0.05) is 19.8 Å². The van der Waals surface area contributed by atoms with E-state index in [9.17, 15) is 0 Å². The lowest BCUT2D eigenvalue weighted by atomic mass is 10.3. The normalized spacial score (nSPS) is 13.8. The quantitative estimate of drug-likeness (QED) is 0.327. The summed E-state index contributed by atoms with van der Waals surface area (Å²) in [4.78, 5) is 0. The van der Waals surface area contributed by atoms with Gasteiger partial charge in [-0.15, -0.1) is 0 Å². The first kappa shape index (κ1) is 10.1. The van der Waals surface area contributed by atoms with E-state index in [0.717, 1.165) is 23.5 Å². The van der Waals surface area contributed by atoms with E-state index >= 15 is 0 Å². The summed E-state index contributed by atoms with van der Waals surface area (Å²) >= 11 is 0. The molecule has 0 spiro atoms. The molecule has 0 rings (SSSR count). The van der Waals surface area contributed by atoms with Crippen LogP contribution in [0.25, 0.3) is 0 Å². The van der Waals surface area contributed by atoms with Gasteiger partial charge in [0.25, 0.3) is 0 Å². The van der Waals surface area contributed by atoms with Crippen molar-refractivity contribution in [1.29, 1.82) is 0 Å². The lowest BCUT2D eigenvalue weighted by molar-refractivity contribution is -0.0638. The summed E-state index contributed by atoms with van der Waals surface area (Å²) in [6.07, 6.45) is 3.68. The van der Waals surface area contributed by atoms with Crippen molar-refractivity contribution in [3.8, 4) is 0 Å². The van der Waals surface area contributed by atoms with E-state index in [0.29, 0.717) is 0 Å². The zero-order valence-corrected chi connectivity index (χ0v) is 9.22. The Balaban J connectivity index is 2.89. The van der Waals surface area contributed by atoms with Crippen LogP contribution < -0.4 is 0 Å². The summed E-state index contributed by atoms with van der Waals surface area (Å²) in [5, 5.41) is 0. The summed E-state index contributed by atoms with van der Waals surface area (Å²) in [6.45, 7) is 4.98. The second kappa shape index (κ2) is 7.25. The van der Waals surface area contributed by atoms with E-state index in [2.05, 4.69) is 6.92 Å². The first-order chi connectivity index (χ1) is 4.81. The van der Waals surface area contributed by atoms with Crippen LogP contribution in [0.1, 0.15) is 33.1 Å². The van der Waals surface area contributed by atoms with Gasteiger partial charge in [0.15, 0.2) is 0 Å². The van der Waals surface area contributed by atoms with Crippen molar-refractivity contribution >= 4 is 10.5 Å². The average Bonchev–Trinajstić information content (AvgIpc) is 1.98. The molecule has 0 aliphatic heterocycles. The molecule has 0 N–H and O–H groups in total. The molecule has 1 atom stereocenters. The number of ether oxygens (including phenoxy) is 1. The van der Waals surface area contributed by atoms with Crippen molar-refractivity contribution in [3.63, 3.8) is 0 Å². The molecular weight excluding hydrogens is 144 g/mol. The molecule has 62 valence electrons. The van der Waals surface area contributed by atoms with Crippen LogP contribution in [0.4, 0.5) is 0 Å². The molecule has 0 fully saturated rings.